The Labute approximate surface area is 159 Å². The van der Waals surface area contributed by atoms with E-state index in [0.29, 0.717) is 0 Å². The Bertz CT molecular complexity index is 282. The predicted octanol–water partition coefficient (Wildman–Crippen LogP) is 6.21. The van der Waals surface area contributed by atoms with Crippen molar-refractivity contribution in [1.82, 2.24) is 9.80 Å². The highest BCUT2D eigenvalue weighted by Gasteiger charge is 2.09. The fraction of sp³-hybridized carbons (Fsp3) is 1.00. The van der Waals surface area contributed by atoms with E-state index in [-0.39, 0.29) is 0 Å². The third kappa shape index (κ3) is 13.7. The zero-order valence-electron chi connectivity index (χ0n) is 18.1. The zero-order chi connectivity index (χ0) is 18.3. The monoisotopic (exact) mass is 352 g/mol. The summed E-state index contributed by atoms with van der Waals surface area (Å²) in [6, 6.07) is 0. The topological polar surface area (TPSA) is 6.48 Å². The van der Waals surface area contributed by atoms with Crippen LogP contribution in [-0.4, -0.2) is 49.1 Å². The second-order valence-corrected chi connectivity index (χ2v) is 9.23. The van der Waals surface area contributed by atoms with Gasteiger partial charge in [0.25, 0.3) is 0 Å². The van der Waals surface area contributed by atoms with Crippen LogP contribution >= 0.6 is 0 Å². The van der Waals surface area contributed by atoms with Crippen molar-refractivity contribution in [2.24, 2.45) is 11.8 Å². The Hall–Kier alpha value is -0.0800. The predicted molar refractivity (Wildman–Crippen MR) is 113 cm³/mol. The van der Waals surface area contributed by atoms with Gasteiger partial charge in [-0.15, -0.1) is 0 Å². The molecule has 0 aromatic heterocycles. The average molecular weight is 353 g/mol. The van der Waals surface area contributed by atoms with Gasteiger partial charge < -0.3 is 9.80 Å². The Morgan fingerprint density at radius 2 is 1.24 bits per heavy atom. The van der Waals surface area contributed by atoms with Crippen molar-refractivity contribution in [2.75, 3.05) is 39.3 Å². The highest BCUT2D eigenvalue weighted by molar-refractivity contribution is 4.65. The van der Waals surface area contributed by atoms with E-state index in [0.717, 1.165) is 11.8 Å². The van der Waals surface area contributed by atoms with Crippen LogP contribution in [0.4, 0.5) is 0 Å². The number of rotatable bonds is 15. The van der Waals surface area contributed by atoms with Gasteiger partial charge in [-0.05, 0) is 96.1 Å². The molecule has 1 saturated heterocycles. The van der Waals surface area contributed by atoms with Crippen molar-refractivity contribution in [3.63, 3.8) is 0 Å². The maximum Gasteiger partial charge on any atom is -0.00163 e. The molecule has 0 radical (unpaired) electrons. The first kappa shape index (κ1) is 23.0. The van der Waals surface area contributed by atoms with E-state index in [9.17, 15) is 0 Å². The van der Waals surface area contributed by atoms with Gasteiger partial charge in [-0.1, -0.05) is 53.4 Å². The molecule has 0 aromatic rings. The molecule has 1 heterocycles. The molecular formula is C23H48N2. The summed E-state index contributed by atoms with van der Waals surface area (Å²) in [5, 5.41) is 0. The van der Waals surface area contributed by atoms with Crippen molar-refractivity contribution in [3.05, 3.63) is 0 Å². The van der Waals surface area contributed by atoms with E-state index in [2.05, 4.69) is 37.5 Å². The smallest absolute Gasteiger partial charge is 0.00163 e. The van der Waals surface area contributed by atoms with Crippen molar-refractivity contribution in [2.45, 2.75) is 98.3 Å². The molecule has 0 unspecified atom stereocenters. The van der Waals surface area contributed by atoms with Gasteiger partial charge in [0.2, 0.25) is 0 Å². The normalized spacial score (nSPS) is 16.4. The van der Waals surface area contributed by atoms with E-state index in [1.807, 2.05) is 0 Å². The molecule has 1 fully saturated rings. The van der Waals surface area contributed by atoms with Crippen molar-refractivity contribution < 1.29 is 0 Å². The van der Waals surface area contributed by atoms with E-state index in [4.69, 9.17) is 0 Å². The van der Waals surface area contributed by atoms with Crippen LogP contribution in [0.5, 0.6) is 0 Å². The number of hydrogen-bond donors (Lipinski definition) is 0. The minimum Gasteiger partial charge on any atom is -0.303 e. The number of nitrogens with zero attached hydrogens (tertiary/aromatic N) is 2. The van der Waals surface area contributed by atoms with Crippen LogP contribution in [0.3, 0.4) is 0 Å². The molecule has 1 rings (SSSR count). The Balaban J connectivity index is 2.02. The van der Waals surface area contributed by atoms with Crippen molar-refractivity contribution in [1.29, 1.82) is 0 Å². The molecular weight excluding hydrogens is 304 g/mol. The van der Waals surface area contributed by atoms with E-state index < -0.39 is 0 Å². The number of unbranched alkanes of at least 4 members (excludes halogenated alkanes) is 4. The van der Waals surface area contributed by atoms with Gasteiger partial charge in [-0.3, -0.25) is 0 Å². The molecule has 150 valence electrons. The molecule has 0 saturated carbocycles. The average Bonchev–Trinajstić information content (AvgIpc) is 2.58. The van der Waals surface area contributed by atoms with Gasteiger partial charge in [0, 0.05) is 0 Å². The zero-order valence-corrected chi connectivity index (χ0v) is 18.1. The standard InChI is InChI=1S/C23H48N2/c1-22(2)14-13-20-25(21-15-23(3)4)19-10-7-5-6-9-16-24-17-11-8-12-18-24/h22-23H,5-21H2,1-4H3. The molecule has 2 heteroatoms. The van der Waals surface area contributed by atoms with Crippen LogP contribution in [0.15, 0.2) is 0 Å². The van der Waals surface area contributed by atoms with Crippen LogP contribution in [0.2, 0.25) is 0 Å². The van der Waals surface area contributed by atoms with Gasteiger partial charge in [0.15, 0.2) is 0 Å². The third-order valence-corrected chi connectivity index (χ3v) is 5.68. The first-order valence-corrected chi connectivity index (χ1v) is 11.5. The fourth-order valence-corrected chi connectivity index (χ4v) is 3.88. The van der Waals surface area contributed by atoms with Crippen LogP contribution in [-0.2, 0) is 0 Å². The summed E-state index contributed by atoms with van der Waals surface area (Å²) in [5.74, 6) is 1.69. The molecule has 0 bridgehead atoms. The third-order valence-electron chi connectivity index (χ3n) is 5.68. The lowest BCUT2D eigenvalue weighted by Gasteiger charge is -2.26. The lowest BCUT2D eigenvalue weighted by Crippen LogP contribution is -2.30. The fourth-order valence-electron chi connectivity index (χ4n) is 3.88. The quantitative estimate of drug-likeness (QED) is 0.323. The summed E-state index contributed by atoms with van der Waals surface area (Å²) in [4.78, 5) is 5.43. The maximum absolute atomic E-state index is 2.75. The maximum atomic E-state index is 2.75. The first-order chi connectivity index (χ1) is 12.1. The second-order valence-electron chi connectivity index (χ2n) is 9.23. The summed E-state index contributed by atoms with van der Waals surface area (Å²) in [6.07, 6.45) is 15.6. The summed E-state index contributed by atoms with van der Waals surface area (Å²) >= 11 is 0. The van der Waals surface area contributed by atoms with Gasteiger partial charge in [-0.25, -0.2) is 0 Å². The van der Waals surface area contributed by atoms with Gasteiger partial charge in [0.1, 0.15) is 0 Å². The van der Waals surface area contributed by atoms with E-state index in [1.165, 1.54) is 110 Å². The molecule has 0 atom stereocenters. The largest absolute Gasteiger partial charge is 0.303 e. The molecule has 0 spiro atoms. The number of hydrogen-bond acceptors (Lipinski definition) is 2. The van der Waals surface area contributed by atoms with Gasteiger partial charge in [0.05, 0.1) is 0 Å². The molecule has 1 aliphatic heterocycles. The summed E-state index contributed by atoms with van der Waals surface area (Å²) in [6.45, 7) is 17.5. The second kappa shape index (κ2) is 15.0. The number of likely N-dealkylation sites (tertiary alicyclic amines) is 1. The van der Waals surface area contributed by atoms with E-state index >= 15 is 0 Å². The van der Waals surface area contributed by atoms with E-state index in [1.54, 1.807) is 0 Å². The molecule has 25 heavy (non-hydrogen) atoms. The van der Waals surface area contributed by atoms with Gasteiger partial charge in [-0.2, -0.15) is 0 Å². The number of piperidine rings is 1. The first-order valence-electron chi connectivity index (χ1n) is 11.5. The SMILES string of the molecule is CC(C)CCCN(CCCCCCCN1CCCCC1)CCC(C)C. The van der Waals surface area contributed by atoms with Crippen LogP contribution < -0.4 is 0 Å². The minimum atomic E-state index is 0.836. The highest BCUT2D eigenvalue weighted by Crippen LogP contribution is 2.12. The van der Waals surface area contributed by atoms with Crippen LogP contribution in [0.1, 0.15) is 98.3 Å². The molecule has 2 nitrogen and oxygen atoms in total. The summed E-state index contributed by atoms with van der Waals surface area (Å²) in [5.41, 5.74) is 0. The lowest BCUT2D eigenvalue weighted by atomic mass is 10.1. The summed E-state index contributed by atoms with van der Waals surface area (Å²) < 4.78 is 0. The van der Waals surface area contributed by atoms with Crippen LogP contribution in [0.25, 0.3) is 0 Å². The lowest BCUT2D eigenvalue weighted by molar-refractivity contribution is 0.223. The molecule has 0 amide bonds. The van der Waals surface area contributed by atoms with Crippen molar-refractivity contribution >= 4 is 0 Å². The highest BCUT2D eigenvalue weighted by atomic mass is 15.1. The summed E-state index contributed by atoms with van der Waals surface area (Å²) in [7, 11) is 0. The molecule has 1 aliphatic rings. The minimum absolute atomic E-state index is 0.836. The Morgan fingerprint density at radius 3 is 1.92 bits per heavy atom. The Kier molecular flexibility index (Phi) is 13.8. The molecule has 0 N–H and O–H groups in total. The Morgan fingerprint density at radius 1 is 0.640 bits per heavy atom. The van der Waals surface area contributed by atoms with Gasteiger partial charge >= 0.3 is 0 Å². The van der Waals surface area contributed by atoms with Crippen LogP contribution in [0, 0.1) is 11.8 Å². The van der Waals surface area contributed by atoms with Crippen molar-refractivity contribution in [3.8, 4) is 0 Å². The molecule has 0 aliphatic carbocycles. The molecule has 0 aromatic carbocycles.